The summed E-state index contributed by atoms with van der Waals surface area (Å²) in [6.45, 7) is 0.920. The topological polar surface area (TPSA) is 124 Å². The first-order valence-corrected chi connectivity index (χ1v) is 9.53. The zero-order chi connectivity index (χ0) is 22.0. The van der Waals surface area contributed by atoms with Crippen molar-refractivity contribution in [2.75, 3.05) is 25.1 Å². The molecule has 160 valence electrons. The van der Waals surface area contributed by atoms with Crippen LogP contribution in [0.3, 0.4) is 0 Å². The zero-order valence-corrected chi connectivity index (χ0v) is 16.5. The van der Waals surface area contributed by atoms with Gasteiger partial charge in [0.1, 0.15) is 5.82 Å². The molecule has 1 aromatic carbocycles. The van der Waals surface area contributed by atoms with Crippen molar-refractivity contribution in [3.05, 3.63) is 63.9 Å². The first-order chi connectivity index (χ1) is 15.0. The summed E-state index contributed by atoms with van der Waals surface area (Å²) in [5, 5.41) is 15.5. The van der Waals surface area contributed by atoms with E-state index in [1.54, 1.807) is 17.0 Å². The Morgan fingerprint density at radius 3 is 2.97 bits per heavy atom. The van der Waals surface area contributed by atoms with Gasteiger partial charge in [-0.25, -0.2) is 14.2 Å². The summed E-state index contributed by atoms with van der Waals surface area (Å²) in [5.41, 5.74) is 0.219. The van der Waals surface area contributed by atoms with Gasteiger partial charge in [0, 0.05) is 30.9 Å². The molecular weight excluding hydrogens is 409 g/mol. The van der Waals surface area contributed by atoms with Gasteiger partial charge in [-0.05, 0) is 25.0 Å². The third-order valence-electron chi connectivity index (χ3n) is 5.06. The van der Waals surface area contributed by atoms with Crippen molar-refractivity contribution in [3.8, 4) is 11.4 Å². The molecule has 2 aromatic heterocycles. The van der Waals surface area contributed by atoms with Crippen LogP contribution < -0.4 is 4.90 Å². The van der Waals surface area contributed by atoms with E-state index in [1.165, 1.54) is 25.4 Å². The average Bonchev–Trinajstić information content (AvgIpc) is 3.29. The van der Waals surface area contributed by atoms with Crippen LogP contribution in [0.15, 0.2) is 41.1 Å². The van der Waals surface area contributed by atoms with Crippen molar-refractivity contribution in [2.24, 2.45) is 0 Å². The molecule has 0 spiro atoms. The van der Waals surface area contributed by atoms with Gasteiger partial charge in [-0.15, -0.1) is 0 Å². The van der Waals surface area contributed by atoms with E-state index in [0.29, 0.717) is 24.5 Å². The van der Waals surface area contributed by atoms with Crippen LogP contribution in [0.25, 0.3) is 11.4 Å². The summed E-state index contributed by atoms with van der Waals surface area (Å²) < 4.78 is 23.5. The summed E-state index contributed by atoms with van der Waals surface area (Å²) >= 11 is 0. The molecule has 10 nitrogen and oxygen atoms in total. The van der Waals surface area contributed by atoms with Gasteiger partial charge in [-0.1, -0.05) is 17.3 Å². The first kappa shape index (κ1) is 20.4. The number of aromatic nitrogens is 3. The third kappa shape index (κ3) is 4.20. The van der Waals surface area contributed by atoms with E-state index in [4.69, 9.17) is 4.52 Å². The van der Waals surface area contributed by atoms with Gasteiger partial charge >= 0.3 is 11.7 Å². The molecule has 1 atom stereocenters. The Morgan fingerprint density at radius 1 is 1.39 bits per heavy atom. The lowest BCUT2D eigenvalue weighted by Crippen LogP contribution is -2.35. The number of hydrogen-bond acceptors (Lipinski definition) is 9. The highest BCUT2D eigenvalue weighted by atomic mass is 19.1. The molecule has 1 aliphatic heterocycles. The number of nitrogens with zero attached hydrogens (tertiary/aromatic N) is 5. The molecule has 1 fully saturated rings. The third-order valence-corrected chi connectivity index (χ3v) is 5.06. The fraction of sp³-hybridized carbons (Fsp3) is 0.300. The number of carbonyl (C=O) groups excluding carboxylic acids is 1. The lowest BCUT2D eigenvalue weighted by molar-refractivity contribution is -0.384. The number of piperidine rings is 1. The van der Waals surface area contributed by atoms with Gasteiger partial charge in [0.15, 0.2) is 0 Å². The van der Waals surface area contributed by atoms with Crippen molar-refractivity contribution in [3.63, 3.8) is 0 Å². The van der Waals surface area contributed by atoms with Crippen molar-refractivity contribution in [2.45, 2.75) is 18.8 Å². The lowest BCUT2D eigenvalue weighted by Gasteiger charge is -2.31. The van der Waals surface area contributed by atoms with E-state index >= 15 is 0 Å². The Kier molecular flexibility index (Phi) is 5.56. The SMILES string of the molecule is COC(=O)c1cnc(N2CCCC(c3nc(-c4cccc(F)c4)no3)C2)c([N+](=O)[O-])c1. The normalized spacial score (nSPS) is 16.2. The molecule has 1 aliphatic rings. The van der Waals surface area contributed by atoms with Gasteiger partial charge in [0.05, 0.1) is 23.5 Å². The van der Waals surface area contributed by atoms with Crippen molar-refractivity contribution < 1.29 is 23.4 Å². The lowest BCUT2D eigenvalue weighted by atomic mass is 9.97. The molecule has 0 aliphatic carbocycles. The van der Waals surface area contributed by atoms with Gasteiger partial charge < -0.3 is 14.2 Å². The maximum atomic E-state index is 13.5. The molecule has 0 bridgehead atoms. The van der Waals surface area contributed by atoms with E-state index in [0.717, 1.165) is 18.9 Å². The minimum atomic E-state index is -0.700. The fourth-order valence-electron chi connectivity index (χ4n) is 3.57. The Labute approximate surface area is 175 Å². The number of benzene rings is 1. The molecule has 1 saturated heterocycles. The number of pyridine rings is 1. The Morgan fingerprint density at radius 2 is 2.23 bits per heavy atom. The highest BCUT2D eigenvalue weighted by molar-refractivity contribution is 5.90. The second-order valence-corrected chi connectivity index (χ2v) is 7.07. The average molecular weight is 427 g/mol. The largest absolute Gasteiger partial charge is 0.465 e. The number of methoxy groups -OCH3 is 1. The molecule has 0 N–H and O–H groups in total. The minimum Gasteiger partial charge on any atom is -0.465 e. The Hall–Kier alpha value is -3.89. The van der Waals surface area contributed by atoms with Crippen LogP contribution in [-0.2, 0) is 4.74 Å². The Bertz CT molecular complexity index is 1130. The number of nitro groups is 1. The van der Waals surface area contributed by atoms with E-state index in [1.807, 2.05) is 0 Å². The summed E-state index contributed by atoms with van der Waals surface area (Å²) in [6, 6.07) is 7.05. The summed E-state index contributed by atoms with van der Waals surface area (Å²) in [5.74, 6) is -0.468. The summed E-state index contributed by atoms with van der Waals surface area (Å²) in [7, 11) is 1.19. The molecule has 3 aromatic rings. The van der Waals surface area contributed by atoms with Crippen LogP contribution in [0.4, 0.5) is 15.9 Å². The maximum absolute atomic E-state index is 13.5. The van der Waals surface area contributed by atoms with Crippen molar-refractivity contribution in [1.82, 2.24) is 15.1 Å². The number of rotatable bonds is 5. The monoisotopic (exact) mass is 427 g/mol. The van der Waals surface area contributed by atoms with Gasteiger partial charge in [0.25, 0.3) is 0 Å². The molecule has 0 radical (unpaired) electrons. The zero-order valence-electron chi connectivity index (χ0n) is 16.5. The smallest absolute Gasteiger partial charge is 0.339 e. The van der Waals surface area contributed by atoms with Gasteiger partial charge in [-0.2, -0.15) is 4.98 Å². The Balaban J connectivity index is 1.58. The number of carbonyl (C=O) groups is 1. The molecular formula is C20H18FN5O5. The standard InChI is InChI=1S/C20H18FN5O5/c1-30-20(27)14-9-16(26(28)29)18(22-10-14)25-7-3-5-13(11-25)19-23-17(24-31-19)12-4-2-6-15(21)8-12/h2,4,6,8-10,13H,3,5,7,11H2,1H3. The van der Waals surface area contributed by atoms with Crippen LogP contribution in [0.5, 0.6) is 0 Å². The number of ether oxygens (including phenoxy) is 1. The van der Waals surface area contributed by atoms with E-state index in [2.05, 4.69) is 19.9 Å². The molecule has 0 amide bonds. The van der Waals surface area contributed by atoms with Crippen molar-refractivity contribution in [1.29, 1.82) is 0 Å². The summed E-state index contributed by atoms with van der Waals surface area (Å²) in [4.78, 5) is 33.0. The molecule has 3 heterocycles. The van der Waals surface area contributed by atoms with Crippen LogP contribution in [0, 0.1) is 15.9 Å². The highest BCUT2D eigenvalue weighted by Gasteiger charge is 2.31. The quantitative estimate of drug-likeness (QED) is 0.342. The van der Waals surface area contributed by atoms with Crippen LogP contribution in [0.1, 0.15) is 35.0 Å². The fourth-order valence-corrected chi connectivity index (χ4v) is 3.57. The number of halogens is 1. The predicted octanol–water partition coefficient (Wildman–Crippen LogP) is 3.35. The molecule has 11 heteroatoms. The predicted molar refractivity (Wildman–Crippen MR) is 106 cm³/mol. The molecule has 0 saturated carbocycles. The second-order valence-electron chi connectivity index (χ2n) is 7.07. The molecule has 4 rings (SSSR count). The highest BCUT2D eigenvalue weighted by Crippen LogP contribution is 2.34. The van der Waals surface area contributed by atoms with Crippen LogP contribution in [-0.4, -0.2) is 46.2 Å². The number of anilines is 1. The van der Waals surface area contributed by atoms with Gasteiger partial charge in [0.2, 0.25) is 17.5 Å². The number of hydrogen-bond donors (Lipinski definition) is 0. The van der Waals surface area contributed by atoms with E-state index in [-0.39, 0.29) is 28.8 Å². The first-order valence-electron chi connectivity index (χ1n) is 9.53. The van der Waals surface area contributed by atoms with Crippen LogP contribution in [0.2, 0.25) is 0 Å². The minimum absolute atomic E-state index is 0.00291. The summed E-state index contributed by atoms with van der Waals surface area (Å²) in [6.07, 6.45) is 2.72. The second kappa shape index (κ2) is 8.46. The van der Waals surface area contributed by atoms with Gasteiger partial charge in [-0.3, -0.25) is 10.1 Å². The molecule has 1 unspecified atom stereocenters. The van der Waals surface area contributed by atoms with Crippen LogP contribution >= 0.6 is 0 Å². The maximum Gasteiger partial charge on any atom is 0.339 e. The van der Waals surface area contributed by atoms with E-state index in [9.17, 15) is 19.3 Å². The van der Waals surface area contributed by atoms with Crippen molar-refractivity contribution >= 4 is 17.5 Å². The molecule has 31 heavy (non-hydrogen) atoms. The van der Waals surface area contributed by atoms with E-state index < -0.39 is 16.7 Å². The number of esters is 1.